The first-order chi connectivity index (χ1) is 6.40. The van der Waals surface area contributed by atoms with Gasteiger partial charge < -0.3 is 9.73 Å². The summed E-state index contributed by atoms with van der Waals surface area (Å²) in [6, 6.07) is 6.06. The Kier molecular flexibility index (Phi) is 2.27. The van der Waals surface area contributed by atoms with Gasteiger partial charge in [-0.25, -0.2) is 4.98 Å². The summed E-state index contributed by atoms with van der Waals surface area (Å²) in [6.45, 7) is 3.95. The van der Waals surface area contributed by atoms with Crippen LogP contribution in [0.3, 0.4) is 0 Å². The molecule has 0 fully saturated rings. The molecular weight excluding hydrogens is 164 g/mol. The minimum Gasteiger partial charge on any atom is -0.443 e. The Morgan fingerprint density at radius 3 is 3.23 bits per heavy atom. The lowest BCUT2D eigenvalue weighted by Gasteiger charge is -2.00. The lowest BCUT2D eigenvalue weighted by atomic mass is 10.2. The van der Waals surface area contributed by atoms with Gasteiger partial charge in [-0.2, -0.15) is 0 Å². The molecule has 0 unspecified atom stereocenters. The van der Waals surface area contributed by atoms with Gasteiger partial charge in [0.15, 0.2) is 12.0 Å². The zero-order chi connectivity index (χ0) is 9.10. The second-order valence-electron chi connectivity index (χ2n) is 2.93. The summed E-state index contributed by atoms with van der Waals surface area (Å²) in [6.07, 6.45) is 1.47. The van der Waals surface area contributed by atoms with Crippen molar-refractivity contribution in [2.75, 3.05) is 6.54 Å². The number of fused-ring (bicyclic) bond motifs is 1. The van der Waals surface area contributed by atoms with Crippen molar-refractivity contribution < 1.29 is 4.42 Å². The summed E-state index contributed by atoms with van der Waals surface area (Å²) < 4.78 is 5.20. The van der Waals surface area contributed by atoms with E-state index < -0.39 is 0 Å². The number of nitrogens with one attached hydrogen (secondary N) is 1. The predicted octanol–water partition coefficient (Wildman–Crippen LogP) is 1.94. The van der Waals surface area contributed by atoms with Gasteiger partial charge in [0.2, 0.25) is 0 Å². The average Bonchev–Trinajstić information content (AvgIpc) is 2.61. The third-order valence-electron chi connectivity index (χ3n) is 1.97. The van der Waals surface area contributed by atoms with Crippen LogP contribution in [0.25, 0.3) is 11.1 Å². The summed E-state index contributed by atoms with van der Waals surface area (Å²) in [7, 11) is 0. The van der Waals surface area contributed by atoms with Crippen LogP contribution in [0.5, 0.6) is 0 Å². The molecule has 2 rings (SSSR count). The molecule has 0 saturated carbocycles. The topological polar surface area (TPSA) is 38.1 Å². The number of oxazole rings is 1. The summed E-state index contributed by atoms with van der Waals surface area (Å²) in [5.74, 6) is 0. The minimum atomic E-state index is 0.857. The maximum Gasteiger partial charge on any atom is 0.181 e. The largest absolute Gasteiger partial charge is 0.443 e. The monoisotopic (exact) mass is 176 g/mol. The van der Waals surface area contributed by atoms with E-state index in [4.69, 9.17) is 4.42 Å². The van der Waals surface area contributed by atoms with E-state index >= 15 is 0 Å². The number of hydrogen-bond donors (Lipinski definition) is 1. The van der Waals surface area contributed by atoms with Gasteiger partial charge in [0, 0.05) is 6.54 Å². The Morgan fingerprint density at radius 1 is 1.46 bits per heavy atom. The van der Waals surface area contributed by atoms with Gasteiger partial charge in [0.1, 0.15) is 5.52 Å². The van der Waals surface area contributed by atoms with Crippen LogP contribution in [-0.4, -0.2) is 11.5 Å². The van der Waals surface area contributed by atoms with Crippen LogP contribution in [0.15, 0.2) is 29.0 Å². The van der Waals surface area contributed by atoms with E-state index in [0.717, 1.165) is 24.2 Å². The van der Waals surface area contributed by atoms with Crippen LogP contribution >= 0.6 is 0 Å². The molecule has 3 heteroatoms. The molecule has 1 N–H and O–H groups in total. The molecular formula is C10H12N2O. The highest BCUT2D eigenvalue weighted by atomic mass is 16.3. The second-order valence-corrected chi connectivity index (χ2v) is 2.93. The predicted molar refractivity (Wildman–Crippen MR) is 51.4 cm³/mol. The smallest absolute Gasteiger partial charge is 0.181 e. The van der Waals surface area contributed by atoms with E-state index in [2.05, 4.69) is 23.3 Å². The molecule has 68 valence electrons. The van der Waals surface area contributed by atoms with E-state index in [1.807, 2.05) is 12.1 Å². The Bertz CT molecular complexity index is 394. The fraction of sp³-hybridized carbons (Fsp3) is 0.300. The Hall–Kier alpha value is -1.35. The van der Waals surface area contributed by atoms with E-state index in [1.54, 1.807) is 0 Å². The van der Waals surface area contributed by atoms with Gasteiger partial charge in [-0.1, -0.05) is 13.0 Å². The normalized spacial score (nSPS) is 10.8. The van der Waals surface area contributed by atoms with Crippen LogP contribution in [-0.2, 0) is 6.54 Å². The summed E-state index contributed by atoms with van der Waals surface area (Å²) >= 11 is 0. The molecule has 1 heterocycles. The van der Waals surface area contributed by atoms with Crippen LogP contribution < -0.4 is 5.32 Å². The van der Waals surface area contributed by atoms with Crippen LogP contribution in [0.1, 0.15) is 12.5 Å². The molecule has 0 aliphatic rings. The van der Waals surface area contributed by atoms with Gasteiger partial charge in [-0.05, 0) is 24.2 Å². The van der Waals surface area contributed by atoms with Crippen molar-refractivity contribution in [1.29, 1.82) is 0 Å². The quantitative estimate of drug-likeness (QED) is 0.776. The first kappa shape index (κ1) is 8.26. The van der Waals surface area contributed by atoms with E-state index in [1.165, 1.54) is 12.0 Å². The number of rotatable bonds is 3. The molecule has 3 nitrogen and oxygen atoms in total. The number of aromatic nitrogens is 1. The highest BCUT2D eigenvalue weighted by molar-refractivity contribution is 5.72. The van der Waals surface area contributed by atoms with Crippen LogP contribution in [0, 0.1) is 0 Å². The Labute approximate surface area is 76.8 Å². The summed E-state index contributed by atoms with van der Waals surface area (Å²) in [4.78, 5) is 4.05. The standard InChI is InChI=1S/C10H12N2O/c1-2-11-6-8-3-4-9-10(5-8)13-7-12-9/h3-5,7,11H,2,6H2,1H3. The van der Waals surface area contributed by atoms with Gasteiger partial charge in [-0.15, -0.1) is 0 Å². The molecule has 0 amide bonds. The Morgan fingerprint density at radius 2 is 2.38 bits per heavy atom. The first-order valence-electron chi connectivity index (χ1n) is 4.43. The molecule has 0 spiro atoms. The number of hydrogen-bond acceptors (Lipinski definition) is 3. The van der Waals surface area contributed by atoms with Crippen molar-refractivity contribution in [1.82, 2.24) is 10.3 Å². The third-order valence-corrected chi connectivity index (χ3v) is 1.97. The van der Waals surface area contributed by atoms with E-state index in [9.17, 15) is 0 Å². The molecule has 0 saturated heterocycles. The first-order valence-corrected chi connectivity index (χ1v) is 4.43. The van der Waals surface area contributed by atoms with Crippen molar-refractivity contribution >= 4 is 11.1 Å². The van der Waals surface area contributed by atoms with Gasteiger partial charge in [0.25, 0.3) is 0 Å². The van der Waals surface area contributed by atoms with Crippen LogP contribution in [0.2, 0.25) is 0 Å². The summed E-state index contributed by atoms with van der Waals surface area (Å²) in [5.41, 5.74) is 3.00. The minimum absolute atomic E-state index is 0.857. The molecule has 0 radical (unpaired) electrons. The molecule has 0 aliphatic heterocycles. The van der Waals surface area contributed by atoms with Crippen molar-refractivity contribution in [2.24, 2.45) is 0 Å². The third kappa shape index (κ3) is 1.70. The molecule has 2 aromatic rings. The summed E-state index contributed by atoms with van der Waals surface area (Å²) in [5, 5.41) is 3.26. The Balaban J connectivity index is 2.26. The SMILES string of the molecule is CCNCc1ccc2ncoc2c1. The van der Waals surface area contributed by atoms with Gasteiger partial charge in [0.05, 0.1) is 0 Å². The average molecular weight is 176 g/mol. The zero-order valence-electron chi connectivity index (χ0n) is 7.58. The molecule has 0 aliphatic carbocycles. The van der Waals surface area contributed by atoms with Crippen molar-refractivity contribution in [3.8, 4) is 0 Å². The molecule has 0 bridgehead atoms. The van der Waals surface area contributed by atoms with Crippen molar-refractivity contribution in [3.63, 3.8) is 0 Å². The van der Waals surface area contributed by atoms with Crippen molar-refractivity contribution in [2.45, 2.75) is 13.5 Å². The maximum atomic E-state index is 5.20. The molecule has 0 atom stereocenters. The lowest BCUT2D eigenvalue weighted by Crippen LogP contribution is -2.11. The number of nitrogens with zero attached hydrogens (tertiary/aromatic N) is 1. The zero-order valence-corrected chi connectivity index (χ0v) is 7.58. The second kappa shape index (κ2) is 3.58. The highest BCUT2D eigenvalue weighted by Gasteiger charge is 1.98. The molecule has 1 aromatic carbocycles. The van der Waals surface area contributed by atoms with Gasteiger partial charge >= 0.3 is 0 Å². The fourth-order valence-corrected chi connectivity index (χ4v) is 1.28. The maximum absolute atomic E-state index is 5.20. The van der Waals surface area contributed by atoms with Gasteiger partial charge in [-0.3, -0.25) is 0 Å². The highest BCUT2D eigenvalue weighted by Crippen LogP contribution is 2.13. The van der Waals surface area contributed by atoms with E-state index in [0.29, 0.717) is 0 Å². The molecule has 1 aromatic heterocycles. The fourth-order valence-electron chi connectivity index (χ4n) is 1.28. The number of benzene rings is 1. The van der Waals surface area contributed by atoms with Crippen molar-refractivity contribution in [3.05, 3.63) is 30.2 Å². The van der Waals surface area contributed by atoms with E-state index in [-0.39, 0.29) is 0 Å². The van der Waals surface area contributed by atoms with Crippen LogP contribution in [0.4, 0.5) is 0 Å². The lowest BCUT2D eigenvalue weighted by molar-refractivity contribution is 0.601. The molecule has 13 heavy (non-hydrogen) atoms.